The Morgan fingerprint density at radius 1 is 0.923 bits per heavy atom. The number of unbranched alkanes of at least 4 members (excludes halogenated alkanes) is 2. The number of hydrogen-bond acceptors (Lipinski definition) is 7. The molecule has 0 fully saturated rings. The number of nitrogens with one attached hydrogen (secondary N) is 2. The average molecular weight is 533 g/mol. The van der Waals surface area contributed by atoms with Gasteiger partial charge < -0.3 is 35.6 Å². The van der Waals surface area contributed by atoms with E-state index >= 15 is 0 Å². The van der Waals surface area contributed by atoms with E-state index in [2.05, 4.69) is 34.6 Å². The van der Waals surface area contributed by atoms with Gasteiger partial charge in [-0.05, 0) is 69.4 Å². The van der Waals surface area contributed by atoms with E-state index in [0.717, 1.165) is 31.4 Å². The minimum absolute atomic E-state index is 0.222. The van der Waals surface area contributed by atoms with Crippen molar-refractivity contribution >= 4 is 29.0 Å². The first-order valence-corrected chi connectivity index (χ1v) is 13.1. The molecule has 4 N–H and O–H groups in total. The van der Waals surface area contributed by atoms with Crippen LogP contribution in [0.15, 0.2) is 60.8 Å². The smallest absolute Gasteiger partial charge is 0.322 e. The van der Waals surface area contributed by atoms with E-state index in [1.807, 2.05) is 6.07 Å². The summed E-state index contributed by atoms with van der Waals surface area (Å²) in [6.07, 6.45) is 4.56. The van der Waals surface area contributed by atoms with Crippen LogP contribution in [0.25, 0.3) is 0 Å². The van der Waals surface area contributed by atoms with Crippen molar-refractivity contribution in [3.8, 4) is 11.5 Å². The Bertz CT molecular complexity index is 1260. The number of benzene rings is 2. The van der Waals surface area contributed by atoms with Crippen LogP contribution in [-0.2, 0) is 6.54 Å². The summed E-state index contributed by atoms with van der Waals surface area (Å²) in [5.41, 5.74) is 8.64. The molecule has 10 nitrogen and oxygen atoms in total. The minimum Gasteiger partial charge on any atom is -0.486 e. The monoisotopic (exact) mass is 532 g/mol. The van der Waals surface area contributed by atoms with Crippen molar-refractivity contribution in [2.45, 2.75) is 25.8 Å². The minimum atomic E-state index is -0.353. The topological polar surface area (TPSA) is 122 Å². The molecule has 2 aromatic carbocycles. The number of para-hydroxylation sites is 2. The molecule has 1 aliphatic heterocycles. The Morgan fingerprint density at radius 2 is 1.69 bits per heavy atom. The number of nitrogens with two attached hydrogens (primary N) is 1. The maximum atomic E-state index is 13.3. The summed E-state index contributed by atoms with van der Waals surface area (Å²) < 4.78 is 11.2. The molecule has 0 aliphatic carbocycles. The van der Waals surface area contributed by atoms with Gasteiger partial charge in [0.25, 0.3) is 5.91 Å². The third-order valence-electron chi connectivity index (χ3n) is 6.25. The SMILES string of the molecule is CN(C)CCCCCN(Cc1ccc(C(=O)Nc2ccccc2N)nc1)C(=O)Nc1ccc2c(c1)OCCO2. The molecule has 0 saturated heterocycles. The van der Waals surface area contributed by atoms with Crippen molar-refractivity contribution in [2.24, 2.45) is 0 Å². The van der Waals surface area contributed by atoms with E-state index < -0.39 is 0 Å². The van der Waals surface area contributed by atoms with Crippen molar-refractivity contribution in [2.75, 3.05) is 56.8 Å². The Kier molecular flexibility index (Phi) is 9.58. The van der Waals surface area contributed by atoms with Crippen LogP contribution in [-0.4, -0.2) is 67.1 Å². The zero-order valence-corrected chi connectivity index (χ0v) is 22.5. The molecule has 4 rings (SSSR count). The van der Waals surface area contributed by atoms with Crippen LogP contribution in [0.4, 0.5) is 21.9 Å². The van der Waals surface area contributed by atoms with Gasteiger partial charge in [0.2, 0.25) is 0 Å². The number of amides is 3. The van der Waals surface area contributed by atoms with E-state index in [1.165, 1.54) is 0 Å². The Balaban J connectivity index is 1.40. The van der Waals surface area contributed by atoms with E-state index in [-0.39, 0.29) is 17.6 Å². The lowest BCUT2D eigenvalue weighted by Crippen LogP contribution is -2.35. The number of aromatic nitrogens is 1. The molecule has 39 heavy (non-hydrogen) atoms. The summed E-state index contributed by atoms with van der Waals surface area (Å²) in [4.78, 5) is 34.2. The predicted octanol–water partition coefficient (Wildman–Crippen LogP) is 4.45. The molecule has 0 bridgehead atoms. The number of nitrogens with zero attached hydrogens (tertiary/aromatic N) is 3. The van der Waals surface area contributed by atoms with Gasteiger partial charge in [0.05, 0.1) is 11.4 Å². The maximum absolute atomic E-state index is 13.3. The van der Waals surface area contributed by atoms with Crippen molar-refractivity contribution < 1.29 is 19.1 Å². The van der Waals surface area contributed by atoms with E-state index in [9.17, 15) is 9.59 Å². The lowest BCUT2D eigenvalue weighted by atomic mass is 10.2. The molecule has 0 unspecified atom stereocenters. The van der Waals surface area contributed by atoms with Crippen molar-refractivity contribution in [1.29, 1.82) is 0 Å². The zero-order chi connectivity index (χ0) is 27.6. The summed E-state index contributed by atoms with van der Waals surface area (Å²) in [5.74, 6) is 0.931. The highest BCUT2D eigenvalue weighted by Gasteiger charge is 2.18. The van der Waals surface area contributed by atoms with Crippen LogP contribution < -0.4 is 25.8 Å². The highest BCUT2D eigenvalue weighted by Crippen LogP contribution is 2.32. The second-order valence-corrected chi connectivity index (χ2v) is 9.67. The number of pyridine rings is 1. The van der Waals surface area contributed by atoms with Crippen LogP contribution in [0.5, 0.6) is 11.5 Å². The van der Waals surface area contributed by atoms with Gasteiger partial charge in [0, 0.05) is 31.0 Å². The Hall–Kier alpha value is -4.31. The fraction of sp³-hybridized carbons (Fsp3) is 0.345. The van der Waals surface area contributed by atoms with Gasteiger partial charge in [-0.15, -0.1) is 0 Å². The number of hydrogen-bond donors (Lipinski definition) is 3. The first kappa shape index (κ1) is 27.7. The second kappa shape index (κ2) is 13.5. The lowest BCUT2D eigenvalue weighted by molar-refractivity contribution is 0.102. The molecule has 10 heteroatoms. The standard InChI is InChI=1S/C29H36N6O4/c1-34(2)14-6-3-7-15-35(29(37)32-22-11-13-26-27(18-22)39-17-16-38-26)20-21-10-12-25(31-19-21)28(36)33-24-9-5-4-8-23(24)30/h4-5,8-13,18-19H,3,6-7,14-17,20,30H2,1-2H3,(H,32,37)(H,33,36). The molecular formula is C29H36N6O4. The third-order valence-corrected chi connectivity index (χ3v) is 6.25. The van der Waals surface area contributed by atoms with Crippen molar-refractivity contribution in [3.63, 3.8) is 0 Å². The average Bonchev–Trinajstić information content (AvgIpc) is 2.93. The van der Waals surface area contributed by atoms with Crippen LogP contribution >= 0.6 is 0 Å². The van der Waals surface area contributed by atoms with Crippen LogP contribution in [0.3, 0.4) is 0 Å². The van der Waals surface area contributed by atoms with Crippen LogP contribution in [0, 0.1) is 0 Å². The molecule has 0 spiro atoms. The fourth-order valence-corrected chi connectivity index (χ4v) is 4.15. The van der Waals surface area contributed by atoms with E-state index in [4.69, 9.17) is 15.2 Å². The van der Waals surface area contributed by atoms with Crippen molar-refractivity contribution in [1.82, 2.24) is 14.8 Å². The summed E-state index contributed by atoms with van der Waals surface area (Å²) in [7, 11) is 4.11. The van der Waals surface area contributed by atoms with Gasteiger partial charge in [-0.3, -0.25) is 9.78 Å². The molecule has 1 aromatic heterocycles. The van der Waals surface area contributed by atoms with Gasteiger partial charge >= 0.3 is 6.03 Å². The lowest BCUT2D eigenvalue weighted by Gasteiger charge is -2.24. The molecule has 0 radical (unpaired) electrons. The summed E-state index contributed by atoms with van der Waals surface area (Å²) in [6, 6.07) is 15.7. The Morgan fingerprint density at radius 3 is 2.44 bits per heavy atom. The Labute approximate surface area is 229 Å². The summed E-state index contributed by atoms with van der Waals surface area (Å²) in [6.45, 7) is 2.92. The first-order valence-electron chi connectivity index (χ1n) is 13.1. The first-order chi connectivity index (χ1) is 18.9. The summed E-state index contributed by atoms with van der Waals surface area (Å²) in [5, 5.41) is 5.76. The number of carbonyl (C=O) groups excluding carboxylic acids is 2. The quantitative estimate of drug-likeness (QED) is 0.246. The van der Waals surface area contributed by atoms with E-state index in [0.29, 0.717) is 54.9 Å². The number of rotatable bonds is 11. The maximum Gasteiger partial charge on any atom is 0.322 e. The second-order valence-electron chi connectivity index (χ2n) is 9.67. The van der Waals surface area contributed by atoms with Crippen molar-refractivity contribution in [3.05, 3.63) is 72.1 Å². The number of ether oxygens (including phenoxy) is 2. The highest BCUT2D eigenvalue weighted by molar-refractivity contribution is 6.04. The molecule has 2 heterocycles. The van der Waals surface area contributed by atoms with E-state index in [1.54, 1.807) is 59.6 Å². The number of nitrogen functional groups attached to an aromatic ring is 1. The molecule has 3 aromatic rings. The fourth-order valence-electron chi connectivity index (χ4n) is 4.15. The molecule has 206 valence electrons. The highest BCUT2D eigenvalue weighted by atomic mass is 16.6. The van der Waals surface area contributed by atoms with Gasteiger partial charge in [0.15, 0.2) is 11.5 Å². The largest absolute Gasteiger partial charge is 0.486 e. The number of carbonyl (C=O) groups is 2. The number of urea groups is 1. The van der Waals surface area contributed by atoms with Crippen LogP contribution in [0.2, 0.25) is 0 Å². The number of anilines is 3. The predicted molar refractivity (Wildman–Crippen MR) is 152 cm³/mol. The molecule has 3 amide bonds. The van der Waals surface area contributed by atoms with Gasteiger partial charge in [0.1, 0.15) is 18.9 Å². The number of fused-ring (bicyclic) bond motifs is 1. The normalized spacial score (nSPS) is 12.2. The molecule has 1 aliphatic rings. The zero-order valence-electron chi connectivity index (χ0n) is 22.5. The molecular weight excluding hydrogens is 496 g/mol. The summed E-state index contributed by atoms with van der Waals surface area (Å²) >= 11 is 0. The third kappa shape index (κ3) is 8.08. The van der Waals surface area contributed by atoms with Gasteiger partial charge in [-0.25, -0.2) is 4.79 Å². The van der Waals surface area contributed by atoms with Gasteiger partial charge in [-0.1, -0.05) is 24.6 Å². The van der Waals surface area contributed by atoms with Gasteiger partial charge in [-0.2, -0.15) is 0 Å². The molecule has 0 saturated carbocycles. The van der Waals surface area contributed by atoms with Crippen LogP contribution in [0.1, 0.15) is 35.3 Å². The molecule has 0 atom stereocenters.